The summed E-state index contributed by atoms with van der Waals surface area (Å²) in [5.41, 5.74) is 4.70. The molecule has 0 radical (unpaired) electrons. The van der Waals surface area contributed by atoms with Gasteiger partial charge >= 0.3 is 6.03 Å². The lowest BCUT2D eigenvalue weighted by Crippen LogP contribution is -2.29. The molecule has 0 saturated carbocycles. The number of carbonyl (C=O) groups is 1. The second kappa shape index (κ2) is 7.77. The molecule has 2 aromatic rings. The molecule has 2 N–H and O–H groups in total. The van der Waals surface area contributed by atoms with Crippen LogP contribution in [0.4, 0.5) is 16.3 Å². The van der Waals surface area contributed by atoms with Crippen molar-refractivity contribution in [3.8, 4) is 0 Å². The predicted molar refractivity (Wildman–Crippen MR) is 105 cm³/mol. The zero-order chi connectivity index (χ0) is 17.8. The van der Waals surface area contributed by atoms with Gasteiger partial charge in [-0.05, 0) is 73.4 Å². The van der Waals surface area contributed by atoms with Crippen molar-refractivity contribution in [2.24, 2.45) is 0 Å². The van der Waals surface area contributed by atoms with Crippen molar-refractivity contribution >= 4 is 17.5 Å². The van der Waals surface area contributed by atoms with Crippen LogP contribution in [0.2, 0.25) is 0 Å². The lowest BCUT2D eigenvalue weighted by atomic mass is 9.90. The third-order valence-electron chi connectivity index (χ3n) is 5.34. The number of nitrogens with zero attached hydrogens (tertiary/aromatic N) is 2. The van der Waals surface area contributed by atoms with E-state index in [1.54, 1.807) is 0 Å². The third-order valence-corrected chi connectivity index (χ3v) is 5.34. The van der Waals surface area contributed by atoms with Crippen LogP contribution in [0.25, 0.3) is 0 Å². The first-order valence-electron chi connectivity index (χ1n) is 9.65. The molecule has 1 aromatic carbocycles. The average Bonchev–Trinajstić information content (AvgIpc) is 3.22. The molecule has 1 saturated heterocycles. The summed E-state index contributed by atoms with van der Waals surface area (Å²) in [6.45, 7) is 2.65. The molecule has 5 nitrogen and oxygen atoms in total. The van der Waals surface area contributed by atoms with Crippen molar-refractivity contribution in [3.05, 3.63) is 53.2 Å². The Balaban J connectivity index is 1.37. The number of aryl methyl sites for hydroxylation is 1. The molecule has 2 amide bonds. The van der Waals surface area contributed by atoms with Gasteiger partial charge in [-0.2, -0.15) is 0 Å². The van der Waals surface area contributed by atoms with Gasteiger partial charge < -0.3 is 15.5 Å². The number of fused-ring (bicyclic) bond motifs is 1. The van der Waals surface area contributed by atoms with Crippen LogP contribution in [0.5, 0.6) is 0 Å². The summed E-state index contributed by atoms with van der Waals surface area (Å²) < 4.78 is 0. The number of pyridine rings is 1. The SMILES string of the molecule is O=C(NCc1ccnc(N2CCCC2)c1)Nc1cccc2c1CCCC2. The standard InChI is InChI=1S/C21H26N4O/c26-21(24-19-9-5-7-17-6-1-2-8-18(17)19)23-15-16-10-11-22-20(14-16)25-12-3-4-13-25/h5,7,9-11,14H,1-4,6,8,12-13,15H2,(H2,23,24,26). The molecule has 0 unspecified atom stereocenters. The number of amides is 2. The lowest BCUT2D eigenvalue weighted by molar-refractivity contribution is 0.251. The van der Waals surface area contributed by atoms with E-state index in [0.717, 1.165) is 43.0 Å². The van der Waals surface area contributed by atoms with Crippen molar-refractivity contribution in [1.82, 2.24) is 10.3 Å². The molecule has 2 heterocycles. The van der Waals surface area contributed by atoms with Gasteiger partial charge in [0, 0.05) is 31.5 Å². The van der Waals surface area contributed by atoms with Crippen molar-refractivity contribution in [1.29, 1.82) is 0 Å². The van der Waals surface area contributed by atoms with E-state index in [9.17, 15) is 4.79 Å². The molecule has 136 valence electrons. The van der Waals surface area contributed by atoms with Crippen LogP contribution < -0.4 is 15.5 Å². The molecular formula is C21H26N4O. The maximum atomic E-state index is 12.4. The van der Waals surface area contributed by atoms with Gasteiger partial charge in [0.15, 0.2) is 0 Å². The number of hydrogen-bond acceptors (Lipinski definition) is 3. The molecule has 0 atom stereocenters. The Morgan fingerprint density at radius 3 is 2.81 bits per heavy atom. The number of hydrogen-bond donors (Lipinski definition) is 2. The molecule has 26 heavy (non-hydrogen) atoms. The summed E-state index contributed by atoms with van der Waals surface area (Å²) in [6, 6.07) is 10.1. The van der Waals surface area contributed by atoms with Gasteiger partial charge in [-0.15, -0.1) is 0 Å². The molecule has 1 aliphatic heterocycles. The van der Waals surface area contributed by atoms with Gasteiger partial charge in [0.1, 0.15) is 5.82 Å². The normalized spacial score (nSPS) is 16.2. The highest BCUT2D eigenvalue weighted by Gasteiger charge is 2.15. The van der Waals surface area contributed by atoms with Crippen molar-refractivity contribution < 1.29 is 4.79 Å². The summed E-state index contributed by atoms with van der Waals surface area (Å²) in [4.78, 5) is 19.1. The zero-order valence-electron chi connectivity index (χ0n) is 15.1. The van der Waals surface area contributed by atoms with Gasteiger partial charge in [-0.1, -0.05) is 12.1 Å². The van der Waals surface area contributed by atoms with Gasteiger partial charge in [0.05, 0.1) is 0 Å². The van der Waals surface area contributed by atoms with E-state index in [1.807, 2.05) is 24.4 Å². The summed E-state index contributed by atoms with van der Waals surface area (Å²) in [6.07, 6.45) is 8.89. The van der Waals surface area contributed by atoms with Gasteiger partial charge in [-0.25, -0.2) is 9.78 Å². The fraction of sp³-hybridized carbons (Fsp3) is 0.429. The van der Waals surface area contributed by atoms with Crippen molar-refractivity contribution in [2.45, 2.75) is 45.1 Å². The number of aromatic nitrogens is 1. The zero-order valence-corrected chi connectivity index (χ0v) is 15.1. The number of urea groups is 1. The van der Waals surface area contributed by atoms with Gasteiger partial charge in [0.2, 0.25) is 0 Å². The molecule has 0 spiro atoms. The largest absolute Gasteiger partial charge is 0.357 e. The van der Waals surface area contributed by atoms with Crippen molar-refractivity contribution in [2.75, 3.05) is 23.3 Å². The molecule has 2 aliphatic rings. The summed E-state index contributed by atoms with van der Waals surface area (Å²) in [5.74, 6) is 1.01. The van der Waals surface area contributed by atoms with Crippen LogP contribution in [-0.2, 0) is 19.4 Å². The second-order valence-corrected chi connectivity index (χ2v) is 7.17. The molecule has 0 bridgehead atoms. The van der Waals surface area contributed by atoms with E-state index in [0.29, 0.717) is 6.54 Å². The topological polar surface area (TPSA) is 57.3 Å². The Morgan fingerprint density at radius 1 is 1.08 bits per heavy atom. The number of benzene rings is 1. The Labute approximate surface area is 154 Å². The van der Waals surface area contributed by atoms with Crippen LogP contribution in [0.1, 0.15) is 42.4 Å². The lowest BCUT2D eigenvalue weighted by Gasteiger charge is -2.20. The minimum absolute atomic E-state index is 0.150. The Bertz CT molecular complexity index is 783. The van der Waals surface area contributed by atoms with E-state index in [2.05, 4.69) is 32.7 Å². The smallest absolute Gasteiger partial charge is 0.319 e. The number of carbonyl (C=O) groups excluding carboxylic acids is 1. The van der Waals surface area contributed by atoms with Gasteiger partial charge in [-0.3, -0.25) is 0 Å². The first-order chi connectivity index (χ1) is 12.8. The summed E-state index contributed by atoms with van der Waals surface area (Å²) >= 11 is 0. The highest BCUT2D eigenvalue weighted by Crippen LogP contribution is 2.27. The maximum absolute atomic E-state index is 12.4. The number of rotatable bonds is 4. The van der Waals surface area contributed by atoms with Crippen LogP contribution in [-0.4, -0.2) is 24.1 Å². The molecule has 5 heteroatoms. The number of nitrogens with one attached hydrogen (secondary N) is 2. The van der Waals surface area contributed by atoms with Crippen molar-refractivity contribution in [3.63, 3.8) is 0 Å². The fourth-order valence-corrected chi connectivity index (χ4v) is 3.94. The van der Waals surface area contributed by atoms with Crippen LogP contribution in [0, 0.1) is 0 Å². The van der Waals surface area contributed by atoms with Crippen LogP contribution in [0.3, 0.4) is 0 Å². The number of anilines is 2. The quantitative estimate of drug-likeness (QED) is 0.880. The van der Waals surface area contributed by atoms with E-state index in [1.165, 1.54) is 36.8 Å². The summed E-state index contributed by atoms with van der Waals surface area (Å²) in [5, 5.41) is 6.01. The maximum Gasteiger partial charge on any atom is 0.319 e. The Morgan fingerprint density at radius 2 is 1.92 bits per heavy atom. The molecule has 4 rings (SSSR count). The second-order valence-electron chi connectivity index (χ2n) is 7.17. The predicted octanol–water partition coefficient (Wildman–Crippen LogP) is 3.88. The van der Waals surface area contributed by atoms with E-state index < -0.39 is 0 Å². The van der Waals surface area contributed by atoms with Gasteiger partial charge in [0.25, 0.3) is 0 Å². The highest BCUT2D eigenvalue weighted by atomic mass is 16.2. The first kappa shape index (κ1) is 16.9. The van der Waals surface area contributed by atoms with E-state index in [4.69, 9.17) is 0 Å². The van der Waals surface area contributed by atoms with E-state index in [-0.39, 0.29) is 6.03 Å². The molecular weight excluding hydrogens is 324 g/mol. The Kier molecular flexibility index (Phi) is 5.04. The Hall–Kier alpha value is -2.56. The first-order valence-corrected chi connectivity index (χ1v) is 9.65. The molecule has 1 aromatic heterocycles. The van der Waals surface area contributed by atoms with Crippen LogP contribution >= 0.6 is 0 Å². The minimum atomic E-state index is -0.150. The van der Waals surface area contributed by atoms with Crippen LogP contribution in [0.15, 0.2) is 36.5 Å². The highest BCUT2D eigenvalue weighted by molar-refractivity contribution is 5.90. The minimum Gasteiger partial charge on any atom is -0.357 e. The third kappa shape index (κ3) is 3.82. The monoisotopic (exact) mass is 350 g/mol. The molecule has 1 aliphatic carbocycles. The average molecular weight is 350 g/mol. The molecule has 1 fully saturated rings. The van der Waals surface area contributed by atoms with E-state index >= 15 is 0 Å². The fourth-order valence-electron chi connectivity index (χ4n) is 3.94. The summed E-state index contributed by atoms with van der Waals surface area (Å²) in [7, 11) is 0.